The van der Waals surface area contributed by atoms with Gasteiger partial charge in [-0.05, 0) is 49.6 Å². The molecule has 0 spiro atoms. The largest absolute Gasteiger partial charge is 0.481 e. The van der Waals surface area contributed by atoms with Crippen LogP contribution in [0, 0.1) is 32.1 Å². The molecule has 0 fully saturated rings. The topological polar surface area (TPSA) is 117 Å². The molecular formula is C25H20N6O2S. The number of benzene rings is 1. The molecule has 0 unspecified atom stereocenters. The molecule has 34 heavy (non-hydrogen) atoms. The van der Waals surface area contributed by atoms with E-state index >= 15 is 0 Å². The van der Waals surface area contributed by atoms with Gasteiger partial charge in [-0.1, -0.05) is 24.3 Å². The van der Waals surface area contributed by atoms with Crippen molar-refractivity contribution < 1.29 is 9.90 Å². The Morgan fingerprint density at radius 2 is 1.85 bits per heavy atom. The van der Waals surface area contributed by atoms with Crippen LogP contribution in [0.25, 0.3) is 16.1 Å². The molecule has 1 aliphatic rings. The number of pyridine rings is 1. The van der Waals surface area contributed by atoms with E-state index in [2.05, 4.69) is 35.1 Å². The molecular weight excluding hydrogens is 448 g/mol. The Morgan fingerprint density at radius 1 is 1.12 bits per heavy atom. The van der Waals surface area contributed by atoms with Crippen LogP contribution in [-0.2, 0) is 4.79 Å². The molecule has 8 nitrogen and oxygen atoms in total. The molecule has 5 rings (SSSR count). The van der Waals surface area contributed by atoms with E-state index in [1.54, 1.807) is 23.6 Å². The lowest BCUT2D eigenvalue weighted by atomic mass is 9.97. The minimum absolute atomic E-state index is 0.180. The summed E-state index contributed by atoms with van der Waals surface area (Å²) in [5.74, 6) is 0.292. The number of aryl methyl sites for hydroxylation is 2. The van der Waals surface area contributed by atoms with Gasteiger partial charge in [0.2, 0.25) is 0 Å². The molecule has 9 heteroatoms. The van der Waals surface area contributed by atoms with Gasteiger partial charge in [-0.15, -0.1) is 21.5 Å². The van der Waals surface area contributed by atoms with Gasteiger partial charge in [0, 0.05) is 22.2 Å². The molecule has 1 atom stereocenters. The second-order valence-corrected chi connectivity index (χ2v) is 9.32. The van der Waals surface area contributed by atoms with Crippen LogP contribution < -0.4 is 0 Å². The molecule has 0 amide bonds. The summed E-state index contributed by atoms with van der Waals surface area (Å²) in [7, 11) is 0. The Hall–Kier alpha value is -4.16. The molecule has 0 saturated heterocycles. The number of rotatable bonds is 4. The smallest absolute Gasteiger partial charge is 0.306 e. The van der Waals surface area contributed by atoms with Gasteiger partial charge in [0.1, 0.15) is 28.6 Å². The van der Waals surface area contributed by atoms with Gasteiger partial charge in [-0.3, -0.25) is 14.4 Å². The average molecular weight is 469 g/mol. The van der Waals surface area contributed by atoms with Gasteiger partial charge in [0.25, 0.3) is 0 Å². The van der Waals surface area contributed by atoms with Gasteiger partial charge >= 0.3 is 5.97 Å². The first-order chi connectivity index (χ1) is 16.4. The third-order valence-electron chi connectivity index (χ3n) is 5.97. The molecule has 4 aromatic rings. The fraction of sp³-hybridized carbons (Fsp3) is 0.200. The third kappa shape index (κ3) is 3.58. The number of carboxylic acids is 1. The lowest BCUT2D eigenvalue weighted by Gasteiger charge is -2.11. The summed E-state index contributed by atoms with van der Waals surface area (Å²) in [6, 6.07) is 12.9. The summed E-state index contributed by atoms with van der Waals surface area (Å²) in [6.45, 7) is 6.00. The van der Waals surface area contributed by atoms with Crippen molar-refractivity contribution in [2.75, 3.05) is 0 Å². The Morgan fingerprint density at radius 3 is 2.56 bits per heavy atom. The highest BCUT2D eigenvalue weighted by atomic mass is 32.1. The monoisotopic (exact) mass is 468 g/mol. The number of nitriles is 1. The zero-order chi connectivity index (χ0) is 24.0. The number of aromatic nitrogens is 4. The van der Waals surface area contributed by atoms with Gasteiger partial charge < -0.3 is 5.11 Å². The third-order valence-corrected chi connectivity index (χ3v) is 7.17. The second kappa shape index (κ2) is 8.32. The van der Waals surface area contributed by atoms with E-state index in [0.29, 0.717) is 17.3 Å². The van der Waals surface area contributed by atoms with Gasteiger partial charge in [-0.2, -0.15) is 5.26 Å². The molecule has 1 aliphatic heterocycles. The Bertz CT molecular complexity index is 1510. The lowest BCUT2D eigenvalue weighted by molar-refractivity contribution is -0.137. The summed E-state index contributed by atoms with van der Waals surface area (Å²) in [5, 5.41) is 28.2. The van der Waals surface area contributed by atoms with E-state index in [-0.39, 0.29) is 6.42 Å². The van der Waals surface area contributed by atoms with Crippen LogP contribution >= 0.6 is 11.3 Å². The number of thiophene rings is 1. The first kappa shape index (κ1) is 21.7. The summed E-state index contributed by atoms with van der Waals surface area (Å²) < 4.78 is 1.94. The minimum Gasteiger partial charge on any atom is -0.481 e. The van der Waals surface area contributed by atoms with E-state index in [1.807, 2.05) is 41.8 Å². The summed E-state index contributed by atoms with van der Waals surface area (Å²) in [5.41, 5.74) is 5.91. The number of hydrogen-bond acceptors (Lipinski definition) is 7. The van der Waals surface area contributed by atoms with Crippen molar-refractivity contribution in [1.29, 1.82) is 5.26 Å². The zero-order valence-electron chi connectivity index (χ0n) is 18.8. The molecule has 0 radical (unpaired) electrons. The van der Waals surface area contributed by atoms with Crippen LogP contribution in [0.15, 0.2) is 47.6 Å². The van der Waals surface area contributed by atoms with Crippen LogP contribution in [0.3, 0.4) is 0 Å². The first-order valence-electron chi connectivity index (χ1n) is 10.7. The predicted octanol–water partition coefficient (Wildman–Crippen LogP) is 4.55. The quantitative estimate of drug-likeness (QED) is 0.469. The number of carboxylic acid groups (broad SMARTS) is 1. The van der Waals surface area contributed by atoms with Gasteiger partial charge in [-0.25, -0.2) is 4.98 Å². The highest BCUT2D eigenvalue weighted by Gasteiger charge is 2.32. The number of aliphatic carboxylic acids is 1. The zero-order valence-corrected chi connectivity index (χ0v) is 19.6. The summed E-state index contributed by atoms with van der Waals surface area (Å²) >= 11 is 1.63. The van der Waals surface area contributed by atoms with E-state index in [4.69, 9.17) is 10.3 Å². The normalized spacial score (nSPS) is 14.5. The maximum atomic E-state index is 11.7. The van der Waals surface area contributed by atoms with Crippen LogP contribution in [-0.4, -0.2) is 36.5 Å². The van der Waals surface area contributed by atoms with Gasteiger partial charge in [0.05, 0.1) is 12.1 Å². The number of aliphatic imine (C=N–C) groups is 1. The van der Waals surface area contributed by atoms with Crippen molar-refractivity contribution in [2.45, 2.75) is 33.2 Å². The predicted molar refractivity (Wildman–Crippen MR) is 128 cm³/mol. The van der Waals surface area contributed by atoms with Crippen LogP contribution in [0.2, 0.25) is 0 Å². The van der Waals surface area contributed by atoms with Crippen molar-refractivity contribution in [1.82, 2.24) is 19.7 Å². The second-order valence-electron chi connectivity index (χ2n) is 8.11. The Labute approximate surface area is 199 Å². The van der Waals surface area contributed by atoms with E-state index in [0.717, 1.165) is 43.4 Å². The van der Waals surface area contributed by atoms with Gasteiger partial charge in [0.15, 0.2) is 5.82 Å². The van der Waals surface area contributed by atoms with E-state index in [1.165, 1.54) is 0 Å². The molecule has 3 aromatic heterocycles. The maximum Gasteiger partial charge on any atom is 0.306 e. The van der Waals surface area contributed by atoms with E-state index in [9.17, 15) is 9.90 Å². The molecule has 0 saturated carbocycles. The van der Waals surface area contributed by atoms with E-state index < -0.39 is 12.0 Å². The standard InChI is InChI=1S/C25H20N6O2S/c1-13-14(2)34-25-22(13)23(28-20(11-21(32)33)24-30-29-15(3)31(24)25)17-6-4-16(5-7-17)18-8-9-27-19(10-18)12-26/h4-10,20H,11H2,1-3H3,(H,32,33)/t20-/m0/s1. The number of carbonyl (C=O) groups is 1. The summed E-state index contributed by atoms with van der Waals surface area (Å²) in [4.78, 5) is 21.8. The fourth-order valence-electron chi connectivity index (χ4n) is 4.18. The van der Waals surface area contributed by atoms with Crippen molar-refractivity contribution >= 4 is 23.0 Å². The Balaban J connectivity index is 1.67. The van der Waals surface area contributed by atoms with Crippen molar-refractivity contribution in [3.05, 3.63) is 81.5 Å². The molecule has 1 N–H and O–H groups in total. The average Bonchev–Trinajstić information content (AvgIpc) is 3.31. The molecule has 4 heterocycles. The molecule has 1 aromatic carbocycles. The van der Waals surface area contributed by atoms with Crippen LogP contribution in [0.4, 0.5) is 0 Å². The lowest BCUT2D eigenvalue weighted by Crippen LogP contribution is -2.10. The van der Waals surface area contributed by atoms with Crippen LogP contribution in [0.1, 0.15) is 51.4 Å². The number of hydrogen-bond donors (Lipinski definition) is 1. The maximum absolute atomic E-state index is 11.7. The molecule has 0 aliphatic carbocycles. The summed E-state index contributed by atoms with van der Waals surface area (Å²) in [6.07, 6.45) is 1.44. The molecule has 0 bridgehead atoms. The van der Waals surface area contributed by atoms with Crippen LogP contribution in [0.5, 0.6) is 0 Å². The SMILES string of the molecule is Cc1sc2c(c1C)C(c1ccc(-c3ccnc(C#N)c3)cc1)=N[C@@H](CC(=O)O)c1nnc(C)n1-2. The highest BCUT2D eigenvalue weighted by molar-refractivity contribution is 7.15. The van der Waals surface area contributed by atoms with Crippen molar-refractivity contribution in [2.24, 2.45) is 4.99 Å². The minimum atomic E-state index is -0.945. The van der Waals surface area contributed by atoms with Crippen molar-refractivity contribution in [3.8, 4) is 22.2 Å². The van der Waals surface area contributed by atoms with Crippen molar-refractivity contribution in [3.63, 3.8) is 0 Å². The number of nitrogens with zero attached hydrogens (tertiary/aromatic N) is 6. The fourth-order valence-corrected chi connectivity index (χ4v) is 5.40. The number of fused-ring (bicyclic) bond motifs is 3. The molecule has 168 valence electrons. The Kier molecular flexibility index (Phi) is 5.30. The highest BCUT2D eigenvalue weighted by Crippen LogP contribution is 2.39. The first-order valence-corrected chi connectivity index (χ1v) is 11.5.